The van der Waals surface area contributed by atoms with E-state index in [-0.39, 0.29) is 12.5 Å². The molecule has 118 valence electrons. The van der Waals surface area contributed by atoms with E-state index in [2.05, 4.69) is 15.8 Å². The largest absolute Gasteiger partial charge is 0.343 e. The van der Waals surface area contributed by atoms with Crippen molar-refractivity contribution in [1.29, 1.82) is 0 Å². The first kappa shape index (κ1) is 17.0. The van der Waals surface area contributed by atoms with E-state index in [0.717, 1.165) is 5.56 Å². The summed E-state index contributed by atoms with van der Waals surface area (Å²) in [5.41, 5.74) is 3.54. The van der Waals surface area contributed by atoms with Crippen LogP contribution in [0.2, 0.25) is 10.0 Å². The zero-order chi connectivity index (χ0) is 16.7. The molecule has 0 spiro atoms. The van der Waals surface area contributed by atoms with Crippen molar-refractivity contribution in [3.8, 4) is 0 Å². The Morgan fingerprint density at radius 2 is 1.52 bits per heavy atom. The summed E-state index contributed by atoms with van der Waals surface area (Å²) in [7, 11) is 0. The molecule has 0 fully saturated rings. The van der Waals surface area contributed by atoms with E-state index in [4.69, 9.17) is 23.2 Å². The lowest BCUT2D eigenvalue weighted by Crippen LogP contribution is -2.34. The Morgan fingerprint density at radius 3 is 2.13 bits per heavy atom. The summed E-state index contributed by atoms with van der Waals surface area (Å²) in [5.74, 6) is -0.795. The van der Waals surface area contributed by atoms with Crippen LogP contribution < -0.4 is 10.7 Å². The van der Waals surface area contributed by atoms with Gasteiger partial charge in [-0.15, -0.1) is 0 Å². The van der Waals surface area contributed by atoms with Crippen LogP contribution in [0.3, 0.4) is 0 Å². The number of hydrogen-bond donors (Lipinski definition) is 2. The zero-order valence-corrected chi connectivity index (χ0v) is 13.4. The van der Waals surface area contributed by atoms with Crippen LogP contribution in [0.5, 0.6) is 0 Å². The SMILES string of the molecule is O=C(CNC(=O)c1ccc(Cl)cc1)NN=Cc1ccc(Cl)cc1. The number of carbonyl (C=O) groups is 2. The van der Waals surface area contributed by atoms with Gasteiger partial charge in [-0.2, -0.15) is 5.10 Å². The number of amides is 2. The molecule has 0 saturated carbocycles. The monoisotopic (exact) mass is 349 g/mol. The molecule has 2 rings (SSSR count). The minimum absolute atomic E-state index is 0.181. The fourth-order valence-electron chi connectivity index (χ4n) is 1.63. The van der Waals surface area contributed by atoms with Gasteiger partial charge in [-0.25, -0.2) is 5.43 Å². The summed E-state index contributed by atoms with van der Waals surface area (Å²) in [5, 5.41) is 7.45. The Labute approximate surface area is 143 Å². The average Bonchev–Trinajstić information content (AvgIpc) is 2.55. The third-order valence-electron chi connectivity index (χ3n) is 2.79. The lowest BCUT2D eigenvalue weighted by Gasteiger charge is -2.04. The van der Waals surface area contributed by atoms with Gasteiger partial charge in [0.15, 0.2) is 0 Å². The van der Waals surface area contributed by atoms with Gasteiger partial charge < -0.3 is 5.32 Å². The minimum Gasteiger partial charge on any atom is -0.343 e. The highest BCUT2D eigenvalue weighted by atomic mass is 35.5. The van der Waals surface area contributed by atoms with Gasteiger partial charge in [0.1, 0.15) is 0 Å². The zero-order valence-electron chi connectivity index (χ0n) is 11.9. The van der Waals surface area contributed by atoms with Gasteiger partial charge in [0.05, 0.1) is 12.8 Å². The Balaban J connectivity index is 1.77. The molecule has 0 unspecified atom stereocenters. The molecule has 0 aliphatic heterocycles. The molecule has 0 aromatic heterocycles. The molecule has 2 aromatic rings. The highest BCUT2D eigenvalue weighted by Gasteiger charge is 2.07. The van der Waals surface area contributed by atoms with Crippen LogP contribution in [0.4, 0.5) is 0 Å². The third-order valence-corrected chi connectivity index (χ3v) is 3.29. The fourth-order valence-corrected chi connectivity index (χ4v) is 1.88. The second kappa shape index (κ2) is 8.31. The van der Waals surface area contributed by atoms with E-state index in [1.165, 1.54) is 6.21 Å². The number of hydrazone groups is 1. The quantitative estimate of drug-likeness (QED) is 0.643. The van der Waals surface area contributed by atoms with Crippen LogP contribution in [0.15, 0.2) is 53.6 Å². The maximum absolute atomic E-state index is 11.8. The van der Waals surface area contributed by atoms with Crippen molar-refractivity contribution in [2.45, 2.75) is 0 Å². The standard InChI is InChI=1S/C16H13Cl2N3O2/c17-13-5-1-11(2-6-13)9-20-21-15(22)10-19-16(23)12-3-7-14(18)8-4-12/h1-9H,10H2,(H,19,23)(H,21,22). The molecule has 2 N–H and O–H groups in total. The van der Waals surface area contributed by atoms with Gasteiger partial charge in [-0.05, 0) is 42.0 Å². The maximum atomic E-state index is 11.8. The van der Waals surface area contributed by atoms with Crippen LogP contribution in [0.25, 0.3) is 0 Å². The average molecular weight is 350 g/mol. The predicted molar refractivity (Wildman–Crippen MR) is 91.0 cm³/mol. The van der Waals surface area contributed by atoms with Crippen LogP contribution in [0.1, 0.15) is 15.9 Å². The minimum atomic E-state index is -0.433. The van der Waals surface area contributed by atoms with Crippen molar-refractivity contribution in [1.82, 2.24) is 10.7 Å². The van der Waals surface area contributed by atoms with Gasteiger partial charge in [-0.1, -0.05) is 35.3 Å². The highest BCUT2D eigenvalue weighted by Crippen LogP contribution is 2.09. The molecule has 0 aliphatic carbocycles. The maximum Gasteiger partial charge on any atom is 0.259 e. The van der Waals surface area contributed by atoms with E-state index in [1.807, 2.05) is 0 Å². The van der Waals surface area contributed by atoms with E-state index < -0.39 is 5.91 Å². The van der Waals surface area contributed by atoms with Crippen molar-refractivity contribution in [3.05, 3.63) is 69.7 Å². The summed E-state index contributed by atoms with van der Waals surface area (Å²) in [6, 6.07) is 13.3. The first-order valence-corrected chi connectivity index (χ1v) is 7.41. The number of carbonyl (C=O) groups excluding carboxylic acids is 2. The highest BCUT2D eigenvalue weighted by molar-refractivity contribution is 6.30. The smallest absolute Gasteiger partial charge is 0.259 e. The van der Waals surface area contributed by atoms with Gasteiger partial charge in [0.2, 0.25) is 0 Å². The molecule has 2 aromatic carbocycles. The third kappa shape index (κ3) is 5.73. The summed E-state index contributed by atoms with van der Waals surface area (Å²) >= 11 is 11.5. The predicted octanol–water partition coefficient (Wildman–Crippen LogP) is 2.87. The summed E-state index contributed by atoms with van der Waals surface area (Å²) < 4.78 is 0. The summed E-state index contributed by atoms with van der Waals surface area (Å²) in [6.45, 7) is -0.181. The molecular formula is C16H13Cl2N3O2. The first-order valence-electron chi connectivity index (χ1n) is 6.66. The Morgan fingerprint density at radius 1 is 0.957 bits per heavy atom. The molecule has 7 heteroatoms. The van der Waals surface area contributed by atoms with Crippen molar-refractivity contribution < 1.29 is 9.59 Å². The number of rotatable bonds is 5. The van der Waals surface area contributed by atoms with Crippen LogP contribution in [0, 0.1) is 0 Å². The Hall–Kier alpha value is -2.37. The van der Waals surface area contributed by atoms with Crippen LogP contribution >= 0.6 is 23.2 Å². The van der Waals surface area contributed by atoms with Gasteiger partial charge in [0, 0.05) is 15.6 Å². The molecule has 5 nitrogen and oxygen atoms in total. The molecular weight excluding hydrogens is 337 g/mol. The van der Waals surface area contributed by atoms with Crippen LogP contribution in [-0.4, -0.2) is 24.6 Å². The molecule has 0 bridgehead atoms. The van der Waals surface area contributed by atoms with Crippen molar-refractivity contribution in [2.24, 2.45) is 5.10 Å². The Kier molecular flexibility index (Phi) is 6.14. The molecule has 2 amide bonds. The van der Waals surface area contributed by atoms with Gasteiger partial charge in [0.25, 0.3) is 11.8 Å². The normalized spacial score (nSPS) is 10.5. The molecule has 0 aliphatic rings. The molecule has 0 atom stereocenters. The second-order valence-electron chi connectivity index (χ2n) is 4.53. The number of hydrogen-bond acceptors (Lipinski definition) is 3. The van der Waals surface area contributed by atoms with Gasteiger partial charge >= 0.3 is 0 Å². The van der Waals surface area contributed by atoms with Crippen LogP contribution in [-0.2, 0) is 4.79 Å². The molecule has 0 radical (unpaired) electrons. The summed E-state index contributed by atoms with van der Waals surface area (Å²) in [6.07, 6.45) is 1.48. The van der Waals surface area contributed by atoms with E-state index in [1.54, 1.807) is 48.5 Å². The number of halogens is 2. The second-order valence-corrected chi connectivity index (χ2v) is 5.41. The molecule has 0 heterocycles. The van der Waals surface area contributed by atoms with Crippen molar-refractivity contribution in [2.75, 3.05) is 6.54 Å². The topological polar surface area (TPSA) is 70.6 Å². The number of nitrogens with one attached hydrogen (secondary N) is 2. The van der Waals surface area contributed by atoms with E-state index in [0.29, 0.717) is 15.6 Å². The lowest BCUT2D eigenvalue weighted by molar-refractivity contribution is -0.120. The van der Waals surface area contributed by atoms with Crippen molar-refractivity contribution >= 4 is 41.2 Å². The number of benzene rings is 2. The number of nitrogens with zero attached hydrogens (tertiary/aromatic N) is 1. The van der Waals surface area contributed by atoms with Crippen molar-refractivity contribution in [3.63, 3.8) is 0 Å². The summed E-state index contributed by atoms with van der Waals surface area (Å²) in [4.78, 5) is 23.4. The molecule has 0 saturated heterocycles. The first-order chi connectivity index (χ1) is 11.0. The Bertz CT molecular complexity index is 713. The van der Waals surface area contributed by atoms with E-state index in [9.17, 15) is 9.59 Å². The molecule has 23 heavy (non-hydrogen) atoms. The fraction of sp³-hybridized carbons (Fsp3) is 0.0625. The van der Waals surface area contributed by atoms with Gasteiger partial charge in [-0.3, -0.25) is 9.59 Å². The lowest BCUT2D eigenvalue weighted by atomic mass is 10.2. The van der Waals surface area contributed by atoms with E-state index >= 15 is 0 Å².